The van der Waals surface area contributed by atoms with Gasteiger partial charge < -0.3 is 11.5 Å². The number of rotatable bonds is 5. The van der Waals surface area contributed by atoms with Gasteiger partial charge in [0.15, 0.2) is 0 Å². The predicted molar refractivity (Wildman–Crippen MR) is 66.1 cm³/mol. The summed E-state index contributed by atoms with van der Waals surface area (Å²) in [6.45, 7) is 2.89. The van der Waals surface area contributed by atoms with Crippen molar-refractivity contribution in [1.82, 2.24) is 0 Å². The molecule has 0 fully saturated rings. The first-order valence-corrected chi connectivity index (χ1v) is 5.57. The van der Waals surface area contributed by atoms with E-state index in [9.17, 15) is 0 Å². The maximum atomic E-state index is 6.02. The first kappa shape index (κ1) is 13.9. The van der Waals surface area contributed by atoms with E-state index in [-0.39, 0.29) is 18.4 Å². The van der Waals surface area contributed by atoms with Gasteiger partial charge in [-0.05, 0) is 38.4 Å². The highest BCUT2D eigenvalue weighted by molar-refractivity contribution is 7.12. The molecule has 0 saturated heterocycles. The van der Waals surface area contributed by atoms with Crippen molar-refractivity contribution in [1.29, 1.82) is 0 Å². The van der Waals surface area contributed by atoms with Gasteiger partial charge in [0.25, 0.3) is 0 Å². The third-order valence-corrected chi connectivity index (χ3v) is 3.23. The van der Waals surface area contributed by atoms with Crippen LogP contribution in [0.2, 0.25) is 0 Å². The number of hydrogen-bond acceptors (Lipinski definition) is 3. The Morgan fingerprint density at radius 2 is 2.07 bits per heavy atom. The predicted octanol–water partition coefficient (Wildman–Crippen LogP) is 2.61. The normalized spacial score (nSPS) is 12.2. The summed E-state index contributed by atoms with van der Waals surface area (Å²) in [4.78, 5) is 2.64. The largest absolute Gasteiger partial charge is 0.330 e. The second-order valence-corrected chi connectivity index (χ2v) is 4.66. The molecule has 0 radical (unpaired) electrons. The summed E-state index contributed by atoms with van der Waals surface area (Å²) < 4.78 is 0. The van der Waals surface area contributed by atoms with Gasteiger partial charge in [0.2, 0.25) is 0 Å². The molecule has 0 spiro atoms. The Balaban J connectivity index is 0.00000169. The molecule has 0 unspecified atom stereocenters. The summed E-state index contributed by atoms with van der Waals surface area (Å²) in [6.07, 6.45) is 3.27. The average molecular weight is 235 g/mol. The minimum absolute atomic E-state index is 0. The van der Waals surface area contributed by atoms with Crippen molar-refractivity contribution in [2.45, 2.75) is 32.2 Å². The van der Waals surface area contributed by atoms with Crippen LogP contribution in [0.4, 0.5) is 0 Å². The number of nitrogens with two attached hydrogens (primary N) is 2. The highest BCUT2D eigenvalue weighted by Crippen LogP contribution is 2.24. The average Bonchev–Trinajstić information content (AvgIpc) is 2.52. The first-order chi connectivity index (χ1) is 6.24. The van der Waals surface area contributed by atoms with Gasteiger partial charge in [-0.1, -0.05) is 6.42 Å². The highest BCUT2D eigenvalue weighted by atomic mass is 35.5. The minimum atomic E-state index is 0. The number of aryl methyl sites for hydroxylation is 1. The van der Waals surface area contributed by atoms with E-state index in [4.69, 9.17) is 11.5 Å². The molecule has 0 aromatic carbocycles. The van der Waals surface area contributed by atoms with Crippen molar-refractivity contribution in [3.05, 3.63) is 21.9 Å². The second-order valence-electron chi connectivity index (χ2n) is 3.34. The summed E-state index contributed by atoms with van der Waals surface area (Å²) in [5.74, 6) is 0. The summed E-state index contributed by atoms with van der Waals surface area (Å²) in [5, 5.41) is 0. The molecule has 0 aliphatic carbocycles. The Labute approximate surface area is 96.1 Å². The lowest BCUT2D eigenvalue weighted by molar-refractivity contribution is 0.598. The van der Waals surface area contributed by atoms with E-state index in [1.807, 2.05) is 0 Å². The zero-order valence-corrected chi connectivity index (χ0v) is 10.2. The summed E-state index contributed by atoms with van der Waals surface area (Å²) in [7, 11) is 0. The van der Waals surface area contributed by atoms with Gasteiger partial charge in [-0.15, -0.1) is 23.7 Å². The molecule has 2 nitrogen and oxygen atoms in total. The van der Waals surface area contributed by atoms with Gasteiger partial charge in [0, 0.05) is 15.8 Å². The third-order valence-electron chi connectivity index (χ3n) is 2.10. The molecule has 1 heterocycles. The fourth-order valence-corrected chi connectivity index (χ4v) is 2.22. The summed E-state index contributed by atoms with van der Waals surface area (Å²) >= 11 is 1.80. The molecule has 0 aliphatic rings. The Hall–Kier alpha value is -0.0900. The van der Waals surface area contributed by atoms with Crippen LogP contribution < -0.4 is 11.5 Å². The molecule has 1 rings (SSSR count). The minimum Gasteiger partial charge on any atom is -0.330 e. The van der Waals surface area contributed by atoms with E-state index in [1.165, 1.54) is 9.75 Å². The Bertz CT molecular complexity index is 250. The van der Waals surface area contributed by atoms with Crippen LogP contribution in [0.5, 0.6) is 0 Å². The van der Waals surface area contributed by atoms with E-state index in [2.05, 4.69) is 19.1 Å². The molecule has 4 N–H and O–H groups in total. The fraction of sp³-hybridized carbons (Fsp3) is 0.600. The Morgan fingerprint density at radius 3 is 2.57 bits per heavy atom. The lowest BCUT2D eigenvalue weighted by Gasteiger charge is -2.08. The van der Waals surface area contributed by atoms with E-state index in [0.717, 1.165) is 25.8 Å². The molecule has 1 atom stereocenters. The molecule has 82 valence electrons. The fourth-order valence-electron chi connectivity index (χ4n) is 1.30. The second kappa shape index (κ2) is 7.23. The van der Waals surface area contributed by atoms with Gasteiger partial charge in [-0.2, -0.15) is 0 Å². The molecular weight excluding hydrogens is 216 g/mol. The van der Waals surface area contributed by atoms with Crippen LogP contribution in [0.3, 0.4) is 0 Å². The van der Waals surface area contributed by atoms with Crippen molar-refractivity contribution in [2.75, 3.05) is 6.54 Å². The zero-order valence-electron chi connectivity index (χ0n) is 8.53. The van der Waals surface area contributed by atoms with Crippen LogP contribution in [0.1, 0.15) is 35.1 Å². The van der Waals surface area contributed by atoms with Crippen LogP contribution in [-0.4, -0.2) is 6.54 Å². The number of halogens is 1. The molecule has 0 saturated carbocycles. The Kier molecular flexibility index (Phi) is 7.19. The SMILES string of the molecule is Cc1ccc([C@@H](N)CCCCN)s1.Cl. The summed E-state index contributed by atoms with van der Waals surface area (Å²) in [6, 6.07) is 4.47. The highest BCUT2D eigenvalue weighted by Gasteiger charge is 2.06. The van der Waals surface area contributed by atoms with Crippen molar-refractivity contribution < 1.29 is 0 Å². The first-order valence-electron chi connectivity index (χ1n) is 4.76. The lowest BCUT2D eigenvalue weighted by atomic mass is 10.1. The third kappa shape index (κ3) is 4.42. The standard InChI is InChI=1S/C10H18N2S.ClH/c1-8-5-6-10(13-8)9(12)4-2-3-7-11;/h5-6,9H,2-4,7,11-12H2,1H3;1H/t9-;/m0./s1. The van der Waals surface area contributed by atoms with E-state index in [1.54, 1.807) is 11.3 Å². The van der Waals surface area contributed by atoms with Gasteiger partial charge in [0.05, 0.1) is 0 Å². The van der Waals surface area contributed by atoms with Crippen LogP contribution in [-0.2, 0) is 0 Å². The maximum absolute atomic E-state index is 6.02. The molecular formula is C10H19ClN2S. The molecule has 0 aliphatic heterocycles. The Morgan fingerprint density at radius 1 is 1.36 bits per heavy atom. The van der Waals surface area contributed by atoms with Gasteiger partial charge in [0.1, 0.15) is 0 Å². The molecule has 1 aromatic rings. The molecule has 4 heteroatoms. The topological polar surface area (TPSA) is 52.0 Å². The van der Waals surface area contributed by atoms with Crippen molar-refractivity contribution >= 4 is 23.7 Å². The lowest BCUT2D eigenvalue weighted by Crippen LogP contribution is -2.09. The van der Waals surface area contributed by atoms with E-state index in [0.29, 0.717) is 0 Å². The van der Waals surface area contributed by atoms with Gasteiger partial charge >= 0.3 is 0 Å². The van der Waals surface area contributed by atoms with Crippen LogP contribution in [0, 0.1) is 6.92 Å². The van der Waals surface area contributed by atoms with Crippen molar-refractivity contribution in [2.24, 2.45) is 11.5 Å². The number of hydrogen-bond donors (Lipinski definition) is 2. The molecule has 1 aromatic heterocycles. The van der Waals surface area contributed by atoms with Gasteiger partial charge in [-0.3, -0.25) is 0 Å². The smallest absolute Gasteiger partial charge is 0.0389 e. The quantitative estimate of drug-likeness (QED) is 0.770. The van der Waals surface area contributed by atoms with Crippen molar-refractivity contribution in [3.8, 4) is 0 Å². The number of thiophene rings is 1. The van der Waals surface area contributed by atoms with E-state index < -0.39 is 0 Å². The van der Waals surface area contributed by atoms with Gasteiger partial charge in [-0.25, -0.2) is 0 Å². The van der Waals surface area contributed by atoms with E-state index >= 15 is 0 Å². The molecule has 0 bridgehead atoms. The zero-order chi connectivity index (χ0) is 9.68. The maximum Gasteiger partial charge on any atom is 0.0389 e. The van der Waals surface area contributed by atoms with Crippen LogP contribution in [0.25, 0.3) is 0 Å². The number of unbranched alkanes of at least 4 members (excludes halogenated alkanes) is 1. The van der Waals surface area contributed by atoms with Crippen LogP contribution >= 0.6 is 23.7 Å². The van der Waals surface area contributed by atoms with Crippen molar-refractivity contribution in [3.63, 3.8) is 0 Å². The van der Waals surface area contributed by atoms with Crippen LogP contribution in [0.15, 0.2) is 12.1 Å². The summed E-state index contributed by atoms with van der Waals surface area (Å²) in [5.41, 5.74) is 11.4. The molecule has 0 amide bonds. The monoisotopic (exact) mass is 234 g/mol. The molecule has 14 heavy (non-hydrogen) atoms.